The standard InChI is InChI=1S/C16H36NO.ClH/c1-4-6-8-9-10-12-14-17(3,15-16-18)13-11-7-5-2;/h18H,4-16H2,1-3H3;1H/q+1;/p-1. The highest BCUT2D eigenvalue weighted by atomic mass is 35.5. The van der Waals surface area contributed by atoms with E-state index < -0.39 is 0 Å². The number of likely N-dealkylation sites (N-methyl/N-ethyl adjacent to an activating group) is 1. The third-order valence-electron chi connectivity index (χ3n) is 3.99. The molecule has 0 aromatic carbocycles. The minimum absolute atomic E-state index is 0. The van der Waals surface area contributed by atoms with Gasteiger partial charge in [-0.15, -0.1) is 0 Å². The lowest BCUT2D eigenvalue weighted by atomic mass is 10.1. The van der Waals surface area contributed by atoms with Crippen molar-refractivity contribution >= 4 is 0 Å². The van der Waals surface area contributed by atoms with Crippen molar-refractivity contribution in [2.24, 2.45) is 0 Å². The van der Waals surface area contributed by atoms with Crippen LogP contribution in [-0.2, 0) is 0 Å². The van der Waals surface area contributed by atoms with Gasteiger partial charge in [0.15, 0.2) is 0 Å². The van der Waals surface area contributed by atoms with E-state index in [0.29, 0.717) is 6.61 Å². The van der Waals surface area contributed by atoms with Crippen molar-refractivity contribution in [3.8, 4) is 0 Å². The van der Waals surface area contributed by atoms with Gasteiger partial charge >= 0.3 is 0 Å². The third-order valence-corrected chi connectivity index (χ3v) is 3.99. The fraction of sp³-hybridized carbons (Fsp3) is 1.00. The van der Waals surface area contributed by atoms with Crippen LogP contribution >= 0.6 is 0 Å². The Labute approximate surface area is 127 Å². The van der Waals surface area contributed by atoms with Crippen LogP contribution in [0.25, 0.3) is 0 Å². The second kappa shape index (κ2) is 14.6. The number of unbranched alkanes of at least 4 members (excludes halogenated alkanes) is 7. The number of rotatable bonds is 13. The Morgan fingerprint density at radius 1 is 0.684 bits per heavy atom. The molecule has 0 spiro atoms. The van der Waals surface area contributed by atoms with E-state index in [-0.39, 0.29) is 12.4 Å². The molecule has 3 heteroatoms. The maximum absolute atomic E-state index is 9.22. The topological polar surface area (TPSA) is 20.2 Å². The van der Waals surface area contributed by atoms with Crippen LogP contribution in [-0.4, -0.2) is 42.9 Å². The van der Waals surface area contributed by atoms with Gasteiger partial charge in [0, 0.05) is 0 Å². The molecule has 0 fully saturated rings. The molecule has 0 aliphatic carbocycles. The molecule has 0 saturated heterocycles. The Kier molecular flexibility index (Phi) is 16.5. The van der Waals surface area contributed by atoms with Gasteiger partial charge in [-0.3, -0.25) is 0 Å². The van der Waals surface area contributed by atoms with Gasteiger partial charge in [-0.25, -0.2) is 0 Å². The third kappa shape index (κ3) is 13.0. The summed E-state index contributed by atoms with van der Waals surface area (Å²) in [6.45, 7) is 8.27. The molecule has 1 unspecified atom stereocenters. The molecule has 0 aliphatic heterocycles. The van der Waals surface area contributed by atoms with Crippen molar-refractivity contribution in [2.45, 2.75) is 71.6 Å². The zero-order chi connectivity index (χ0) is 13.7. The molecular formula is C16H36ClNO. The monoisotopic (exact) mass is 293 g/mol. The van der Waals surface area contributed by atoms with Gasteiger partial charge in [0.05, 0.1) is 26.7 Å². The van der Waals surface area contributed by atoms with Crippen LogP contribution in [0.1, 0.15) is 71.6 Å². The van der Waals surface area contributed by atoms with Crippen LogP contribution in [0.15, 0.2) is 0 Å². The van der Waals surface area contributed by atoms with Crippen LogP contribution in [0.3, 0.4) is 0 Å². The molecule has 0 amide bonds. The quantitative estimate of drug-likeness (QED) is 0.396. The summed E-state index contributed by atoms with van der Waals surface area (Å²) < 4.78 is 1.07. The van der Waals surface area contributed by atoms with Gasteiger partial charge in [0.2, 0.25) is 0 Å². The Morgan fingerprint density at radius 2 is 1.11 bits per heavy atom. The largest absolute Gasteiger partial charge is 1.00 e. The molecule has 0 aliphatic rings. The van der Waals surface area contributed by atoms with E-state index in [1.165, 1.54) is 70.9 Å². The Bertz CT molecular complexity index is 178. The van der Waals surface area contributed by atoms with Gasteiger partial charge in [-0.05, 0) is 25.7 Å². The zero-order valence-electron chi connectivity index (χ0n) is 13.5. The summed E-state index contributed by atoms with van der Waals surface area (Å²) >= 11 is 0. The lowest BCUT2D eigenvalue weighted by Gasteiger charge is -2.34. The number of hydrogen-bond acceptors (Lipinski definition) is 1. The Morgan fingerprint density at radius 3 is 1.63 bits per heavy atom. The van der Waals surface area contributed by atoms with Crippen LogP contribution < -0.4 is 12.4 Å². The molecule has 19 heavy (non-hydrogen) atoms. The van der Waals surface area contributed by atoms with Crippen molar-refractivity contribution in [3.05, 3.63) is 0 Å². The summed E-state index contributed by atoms with van der Waals surface area (Å²) in [5, 5.41) is 9.22. The lowest BCUT2D eigenvalue weighted by molar-refractivity contribution is -0.910. The molecule has 0 heterocycles. The highest BCUT2D eigenvalue weighted by molar-refractivity contribution is 4.47. The van der Waals surface area contributed by atoms with Crippen molar-refractivity contribution in [3.63, 3.8) is 0 Å². The minimum Gasteiger partial charge on any atom is -1.00 e. The van der Waals surface area contributed by atoms with Crippen molar-refractivity contribution in [1.82, 2.24) is 0 Å². The summed E-state index contributed by atoms with van der Waals surface area (Å²) in [6.07, 6.45) is 12.1. The highest BCUT2D eigenvalue weighted by Crippen LogP contribution is 2.12. The summed E-state index contributed by atoms with van der Waals surface area (Å²) in [4.78, 5) is 0. The highest BCUT2D eigenvalue weighted by Gasteiger charge is 2.19. The van der Waals surface area contributed by atoms with Gasteiger partial charge in [-0.2, -0.15) is 0 Å². The fourth-order valence-electron chi connectivity index (χ4n) is 2.59. The van der Waals surface area contributed by atoms with Gasteiger partial charge in [0.25, 0.3) is 0 Å². The Hall–Kier alpha value is 0.210. The van der Waals surface area contributed by atoms with E-state index in [1.54, 1.807) is 0 Å². The number of quaternary nitrogens is 1. The predicted octanol–water partition coefficient (Wildman–Crippen LogP) is 0.980. The molecule has 0 radical (unpaired) electrons. The molecule has 0 bridgehead atoms. The molecule has 0 aromatic rings. The van der Waals surface area contributed by atoms with Crippen molar-refractivity contribution in [1.29, 1.82) is 0 Å². The molecule has 0 saturated carbocycles. The molecule has 118 valence electrons. The first-order chi connectivity index (χ1) is 8.68. The first kappa shape index (κ1) is 21.5. The van der Waals surface area contributed by atoms with Gasteiger partial charge < -0.3 is 22.0 Å². The second-order valence-electron chi connectivity index (χ2n) is 5.99. The average Bonchev–Trinajstić information content (AvgIpc) is 2.34. The number of nitrogens with zero attached hydrogens (tertiary/aromatic N) is 1. The molecular weight excluding hydrogens is 258 g/mol. The van der Waals surface area contributed by atoms with Crippen LogP contribution in [0.4, 0.5) is 0 Å². The SMILES string of the molecule is CCCCCCCC[N+](C)(CCO)CCCCC.[Cl-]. The summed E-state index contributed by atoms with van der Waals surface area (Å²) in [5.41, 5.74) is 0. The maximum Gasteiger partial charge on any atom is 0.102 e. The molecule has 2 nitrogen and oxygen atoms in total. The summed E-state index contributed by atoms with van der Waals surface area (Å²) in [5.74, 6) is 0. The van der Waals surface area contributed by atoms with E-state index in [1.807, 2.05) is 0 Å². The minimum atomic E-state index is 0. The first-order valence-electron chi connectivity index (χ1n) is 8.13. The molecule has 1 N–H and O–H groups in total. The van der Waals surface area contributed by atoms with E-state index >= 15 is 0 Å². The van der Waals surface area contributed by atoms with E-state index in [9.17, 15) is 5.11 Å². The van der Waals surface area contributed by atoms with Crippen LogP contribution in [0.5, 0.6) is 0 Å². The second-order valence-corrected chi connectivity index (χ2v) is 5.99. The van der Waals surface area contributed by atoms with Crippen LogP contribution in [0.2, 0.25) is 0 Å². The van der Waals surface area contributed by atoms with E-state index in [2.05, 4.69) is 20.9 Å². The van der Waals surface area contributed by atoms with E-state index in [0.717, 1.165) is 11.0 Å². The lowest BCUT2D eigenvalue weighted by Crippen LogP contribution is -3.00. The summed E-state index contributed by atoms with van der Waals surface area (Å²) in [7, 11) is 2.32. The number of aliphatic hydroxyl groups excluding tert-OH is 1. The molecule has 0 rings (SSSR count). The smallest absolute Gasteiger partial charge is 0.102 e. The maximum atomic E-state index is 9.22. The average molecular weight is 294 g/mol. The van der Waals surface area contributed by atoms with E-state index in [4.69, 9.17) is 0 Å². The first-order valence-corrected chi connectivity index (χ1v) is 8.13. The zero-order valence-corrected chi connectivity index (χ0v) is 14.2. The van der Waals surface area contributed by atoms with Crippen LogP contribution in [0, 0.1) is 0 Å². The van der Waals surface area contributed by atoms with Crippen molar-refractivity contribution in [2.75, 3.05) is 33.3 Å². The van der Waals surface area contributed by atoms with Gasteiger partial charge in [-0.1, -0.05) is 46.0 Å². The number of aliphatic hydroxyl groups is 1. The number of halogens is 1. The molecule has 0 aromatic heterocycles. The normalized spacial score (nSPS) is 13.9. The molecule has 1 atom stereocenters. The van der Waals surface area contributed by atoms with Gasteiger partial charge in [0.1, 0.15) is 6.54 Å². The van der Waals surface area contributed by atoms with Crippen molar-refractivity contribution < 1.29 is 22.0 Å². The fourth-order valence-corrected chi connectivity index (χ4v) is 2.59. The number of hydrogen-bond donors (Lipinski definition) is 1. The predicted molar refractivity (Wildman–Crippen MR) is 80.8 cm³/mol. The summed E-state index contributed by atoms with van der Waals surface area (Å²) in [6, 6.07) is 0. The Balaban J connectivity index is 0.